The molecule has 4 nitrogen and oxygen atoms in total. The lowest BCUT2D eigenvalue weighted by atomic mass is 10.2. The summed E-state index contributed by atoms with van der Waals surface area (Å²) in [6.07, 6.45) is 0.326. The number of hydrogen-bond acceptors (Lipinski definition) is 3. The molecule has 0 radical (unpaired) electrons. The van der Waals surface area contributed by atoms with Crippen LogP contribution in [0.3, 0.4) is 0 Å². The molecule has 1 aromatic rings. The van der Waals surface area contributed by atoms with Crippen molar-refractivity contribution >= 4 is 11.7 Å². The number of carbonyl (C=O) groups excluding carboxylic acids is 2. The third-order valence-electron chi connectivity index (χ3n) is 1.86. The number of hydrogen-bond donors (Lipinski definition) is 1. The molecular weight excluding hydrogens is 194 g/mol. The second kappa shape index (κ2) is 5.14. The van der Waals surface area contributed by atoms with Gasteiger partial charge in [-0.1, -0.05) is 12.1 Å². The van der Waals surface area contributed by atoms with Crippen molar-refractivity contribution in [1.82, 2.24) is 0 Å². The summed E-state index contributed by atoms with van der Waals surface area (Å²) in [5, 5.41) is 0. The van der Waals surface area contributed by atoms with Crippen LogP contribution in [0.15, 0.2) is 24.3 Å². The van der Waals surface area contributed by atoms with Gasteiger partial charge in [-0.25, -0.2) is 0 Å². The fourth-order valence-corrected chi connectivity index (χ4v) is 1.10. The van der Waals surface area contributed by atoms with Crippen molar-refractivity contribution in [3.8, 4) is 5.75 Å². The average molecular weight is 207 g/mol. The summed E-state index contributed by atoms with van der Waals surface area (Å²) in [5.74, 6) is -0.0637. The zero-order valence-corrected chi connectivity index (χ0v) is 8.53. The summed E-state index contributed by atoms with van der Waals surface area (Å²) in [4.78, 5) is 21.7. The summed E-state index contributed by atoms with van der Waals surface area (Å²) >= 11 is 0. The van der Waals surface area contributed by atoms with Crippen molar-refractivity contribution in [3.05, 3.63) is 29.8 Å². The highest BCUT2D eigenvalue weighted by molar-refractivity contribution is 5.95. The predicted octanol–water partition coefficient (Wildman–Crippen LogP) is 1.14. The summed E-state index contributed by atoms with van der Waals surface area (Å²) < 4.78 is 5.29. The Morgan fingerprint density at radius 3 is 2.60 bits per heavy atom. The van der Waals surface area contributed by atoms with Crippen molar-refractivity contribution in [3.63, 3.8) is 0 Å². The van der Waals surface area contributed by atoms with Gasteiger partial charge in [-0.15, -0.1) is 0 Å². The van der Waals surface area contributed by atoms with Gasteiger partial charge in [0.25, 0.3) is 5.91 Å². The summed E-state index contributed by atoms with van der Waals surface area (Å²) in [6.45, 7) is 1.75. The van der Waals surface area contributed by atoms with Gasteiger partial charge >= 0.3 is 0 Å². The molecule has 0 spiro atoms. The minimum absolute atomic E-state index is 0.0477. The first-order valence-electron chi connectivity index (χ1n) is 4.62. The Labute approximate surface area is 88.0 Å². The molecule has 0 aliphatic heterocycles. The molecule has 15 heavy (non-hydrogen) atoms. The molecule has 0 atom stereocenters. The van der Waals surface area contributed by atoms with Gasteiger partial charge in [0.05, 0.1) is 12.2 Å². The predicted molar refractivity (Wildman–Crippen MR) is 55.8 cm³/mol. The first kappa shape index (κ1) is 11.2. The highest BCUT2D eigenvalue weighted by Crippen LogP contribution is 2.17. The maximum absolute atomic E-state index is 11.0. The third-order valence-corrected chi connectivity index (χ3v) is 1.86. The first-order valence-corrected chi connectivity index (χ1v) is 4.62. The second-order valence-corrected chi connectivity index (χ2v) is 3.16. The zero-order chi connectivity index (χ0) is 11.3. The third kappa shape index (κ3) is 3.42. The monoisotopic (exact) mass is 207 g/mol. The van der Waals surface area contributed by atoms with Crippen molar-refractivity contribution in [2.45, 2.75) is 13.3 Å². The number of ether oxygens (including phenoxy) is 1. The maximum Gasteiger partial charge on any atom is 0.252 e. The lowest BCUT2D eigenvalue weighted by Gasteiger charge is -2.07. The van der Waals surface area contributed by atoms with Crippen molar-refractivity contribution < 1.29 is 14.3 Å². The molecule has 0 heterocycles. The van der Waals surface area contributed by atoms with Crippen molar-refractivity contribution in [2.75, 3.05) is 6.61 Å². The molecule has 0 saturated carbocycles. The Morgan fingerprint density at radius 1 is 1.33 bits per heavy atom. The van der Waals surface area contributed by atoms with E-state index in [2.05, 4.69) is 0 Å². The molecular formula is C11H13NO3. The number of ketones is 1. The molecule has 1 rings (SSSR count). The Bertz CT molecular complexity index is 374. The van der Waals surface area contributed by atoms with Gasteiger partial charge in [0.15, 0.2) is 0 Å². The fraction of sp³-hybridized carbons (Fsp3) is 0.273. The zero-order valence-electron chi connectivity index (χ0n) is 8.53. The van der Waals surface area contributed by atoms with Gasteiger partial charge in [-0.3, -0.25) is 9.59 Å². The Balaban J connectivity index is 2.67. The van der Waals surface area contributed by atoms with E-state index in [9.17, 15) is 9.59 Å². The van der Waals surface area contributed by atoms with Crippen LogP contribution in [0.2, 0.25) is 0 Å². The topological polar surface area (TPSA) is 69.4 Å². The van der Waals surface area contributed by atoms with E-state index >= 15 is 0 Å². The lowest BCUT2D eigenvalue weighted by Crippen LogP contribution is -2.13. The number of Topliss-reactive ketones (excluding diaryl/α,β-unsaturated/α-hetero) is 1. The van der Waals surface area contributed by atoms with Crippen LogP contribution in [0.4, 0.5) is 0 Å². The van der Waals surface area contributed by atoms with Crippen LogP contribution < -0.4 is 10.5 Å². The highest BCUT2D eigenvalue weighted by Gasteiger charge is 2.07. The van der Waals surface area contributed by atoms with E-state index in [4.69, 9.17) is 10.5 Å². The number of primary amides is 1. The Hall–Kier alpha value is -1.84. The van der Waals surface area contributed by atoms with Crippen LogP contribution in [0.5, 0.6) is 5.75 Å². The van der Waals surface area contributed by atoms with Gasteiger partial charge < -0.3 is 10.5 Å². The second-order valence-electron chi connectivity index (χ2n) is 3.16. The number of amides is 1. The van der Waals surface area contributed by atoms with Gasteiger partial charge in [0, 0.05) is 6.42 Å². The number of nitrogens with two attached hydrogens (primary N) is 1. The quantitative estimate of drug-likeness (QED) is 0.787. The molecule has 0 aliphatic carbocycles. The number of para-hydroxylation sites is 1. The van der Waals surface area contributed by atoms with Crippen LogP contribution in [0.25, 0.3) is 0 Å². The van der Waals surface area contributed by atoms with Crippen LogP contribution in [0, 0.1) is 0 Å². The molecule has 1 amide bonds. The van der Waals surface area contributed by atoms with E-state index in [1.54, 1.807) is 24.3 Å². The van der Waals surface area contributed by atoms with E-state index < -0.39 is 5.91 Å². The minimum atomic E-state index is -0.534. The van der Waals surface area contributed by atoms with Gasteiger partial charge in [-0.05, 0) is 19.1 Å². The van der Waals surface area contributed by atoms with E-state index in [0.29, 0.717) is 17.7 Å². The Morgan fingerprint density at radius 2 is 2.00 bits per heavy atom. The minimum Gasteiger partial charge on any atom is -0.492 e. The smallest absolute Gasteiger partial charge is 0.252 e. The fourth-order valence-electron chi connectivity index (χ4n) is 1.10. The molecule has 0 bridgehead atoms. The van der Waals surface area contributed by atoms with Crippen LogP contribution in [-0.4, -0.2) is 18.3 Å². The summed E-state index contributed by atoms with van der Waals surface area (Å²) in [6, 6.07) is 6.69. The average Bonchev–Trinajstić information content (AvgIpc) is 2.17. The van der Waals surface area contributed by atoms with E-state index in [-0.39, 0.29) is 12.4 Å². The molecule has 1 aromatic carbocycles. The number of carbonyl (C=O) groups is 2. The summed E-state index contributed by atoms with van der Waals surface area (Å²) in [7, 11) is 0. The molecule has 4 heteroatoms. The molecule has 0 aliphatic rings. The maximum atomic E-state index is 11.0. The van der Waals surface area contributed by atoms with Crippen LogP contribution in [-0.2, 0) is 4.79 Å². The molecule has 0 fully saturated rings. The van der Waals surface area contributed by atoms with Gasteiger partial charge in [-0.2, -0.15) is 0 Å². The van der Waals surface area contributed by atoms with Gasteiger partial charge in [0.1, 0.15) is 11.5 Å². The van der Waals surface area contributed by atoms with Crippen LogP contribution in [0.1, 0.15) is 23.7 Å². The standard InChI is InChI=1S/C11H13NO3/c1-8(13)6-7-15-10-5-3-2-4-9(10)11(12)14/h2-5H,6-7H2,1H3,(H2,12,14). The molecule has 0 saturated heterocycles. The normalized spacial score (nSPS) is 9.67. The van der Waals surface area contributed by atoms with Crippen molar-refractivity contribution in [1.29, 1.82) is 0 Å². The molecule has 0 aromatic heterocycles. The Kier molecular flexibility index (Phi) is 3.85. The van der Waals surface area contributed by atoms with Gasteiger partial charge in [0.2, 0.25) is 0 Å². The molecule has 0 unspecified atom stereocenters. The van der Waals surface area contributed by atoms with Crippen LogP contribution >= 0.6 is 0 Å². The number of rotatable bonds is 5. The first-order chi connectivity index (χ1) is 7.11. The lowest BCUT2D eigenvalue weighted by molar-refractivity contribution is -0.117. The molecule has 2 N–H and O–H groups in total. The number of benzene rings is 1. The summed E-state index contributed by atoms with van der Waals surface area (Å²) in [5.41, 5.74) is 5.49. The van der Waals surface area contributed by atoms with E-state index in [0.717, 1.165) is 0 Å². The van der Waals surface area contributed by atoms with E-state index in [1.807, 2.05) is 0 Å². The SMILES string of the molecule is CC(=O)CCOc1ccccc1C(N)=O. The molecule has 80 valence electrons. The highest BCUT2D eigenvalue weighted by atomic mass is 16.5. The largest absolute Gasteiger partial charge is 0.492 e. The van der Waals surface area contributed by atoms with Crippen molar-refractivity contribution in [2.24, 2.45) is 5.73 Å². The van der Waals surface area contributed by atoms with E-state index in [1.165, 1.54) is 6.92 Å².